The van der Waals surface area contributed by atoms with Gasteiger partial charge in [0.1, 0.15) is 5.01 Å². The van der Waals surface area contributed by atoms with Crippen LogP contribution in [0.15, 0.2) is 46.4 Å². The Hall–Kier alpha value is -3.12. The standard InChI is InChI=1S/C21H14N2O3S/c1-10(2)19-23-21-20(26-19)22-16(27-21)9-15-17(24)13-7-11-5-3-4-6-12(11)8-14(13)18(15)25/h3-10H,1-2H3. The summed E-state index contributed by atoms with van der Waals surface area (Å²) < 4.78 is 5.63. The molecule has 0 atom stereocenters. The van der Waals surface area contributed by atoms with Gasteiger partial charge in [0.15, 0.2) is 16.4 Å². The van der Waals surface area contributed by atoms with Gasteiger partial charge in [0, 0.05) is 17.0 Å². The van der Waals surface area contributed by atoms with Crippen molar-refractivity contribution in [2.24, 2.45) is 0 Å². The van der Waals surface area contributed by atoms with Crippen LogP contribution < -0.4 is 0 Å². The lowest BCUT2D eigenvalue weighted by molar-refractivity contribution is 0.0990. The number of carbonyl (C=O) groups excluding carboxylic acids is 2. The number of ketones is 2. The van der Waals surface area contributed by atoms with Crippen LogP contribution in [0.25, 0.3) is 27.4 Å². The molecule has 0 unspecified atom stereocenters. The van der Waals surface area contributed by atoms with Crippen LogP contribution in [-0.2, 0) is 0 Å². The molecular formula is C21H14N2O3S. The average Bonchev–Trinajstić information content (AvgIpc) is 3.28. The van der Waals surface area contributed by atoms with Crippen molar-refractivity contribution >= 4 is 50.3 Å². The minimum Gasteiger partial charge on any atom is -0.421 e. The number of hydrogen-bond donors (Lipinski definition) is 0. The SMILES string of the molecule is CC(C)c1nc2sc(C=C3C(=O)c4cc5ccccc5cc4C3=O)nc2o1. The maximum atomic E-state index is 12.8. The summed E-state index contributed by atoms with van der Waals surface area (Å²) in [6, 6.07) is 11.3. The Labute approximate surface area is 158 Å². The summed E-state index contributed by atoms with van der Waals surface area (Å²) in [4.78, 5) is 35.1. The smallest absolute Gasteiger partial charge is 0.258 e. The summed E-state index contributed by atoms with van der Waals surface area (Å²) in [6.45, 7) is 3.99. The lowest BCUT2D eigenvalue weighted by atomic mass is 10.0. The highest BCUT2D eigenvalue weighted by molar-refractivity contribution is 7.18. The van der Waals surface area contributed by atoms with E-state index in [0.717, 1.165) is 10.8 Å². The van der Waals surface area contributed by atoms with E-state index in [4.69, 9.17) is 4.42 Å². The third-order valence-electron chi connectivity index (χ3n) is 4.63. The summed E-state index contributed by atoms with van der Waals surface area (Å²) in [5.41, 5.74) is 1.48. The van der Waals surface area contributed by atoms with E-state index >= 15 is 0 Å². The lowest BCUT2D eigenvalue weighted by Gasteiger charge is -2.00. The van der Waals surface area contributed by atoms with Crippen molar-refractivity contribution in [3.05, 3.63) is 64.0 Å². The zero-order chi connectivity index (χ0) is 18.7. The van der Waals surface area contributed by atoms with Gasteiger partial charge in [-0.15, -0.1) is 0 Å². The molecule has 0 spiro atoms. The average molecular weight is 374 g/mol. The van der Waals surface area contributed by atoms with Crippen molar-refractivity contribution in [1.29, 1.82) is 0 Å². The van der Waals surface area contributed by atoms with Crippen LogP contribution in [0.4, 0.5) is 0 Å². The van der Waals surface area contributed by atoms with Crippen LogP contribution in [0, 0.1) is 0 Å². The second-order valence-corrected chi connectivity index (χ2v) is 7.84. The van der Waals surface area contributed by atoms with E-state index in [9.17, 15) is 9.59 Å². The van der Waals surface area contributed by atoms with Crippen molar-refractivity contribution in [2.45, 2.75) is 19.8 Å². The van der Waals surface area contributed by atoms with Crippen LogP contribution in [0.3, 0.4) is 0 Å². The molecule has 5 rings (SSSR count). The molecular weight excluding hydrogens is 360 g/mol. The highest BCUT2D eigenvalue weighted by Crippen LogP contribution is 2.33. The first-order chi connectivity index (χ1) is 13.0. The zero-order valence-corrected chi connectivity index (χ0v) is 15.5. The maximum absolute atomic E-state index is 12.8. The fourth-order valence-corrected chi connectivity index (χ4v) is 4.06. The van der Waals surface area contributed by atoms with Gasteiger partial charge in [-0.25, -0.2) is 4.98 Å². The van der Waals surface area contributed by atoms with Crippen molar-refractivity contribution in [2.75, 3.05) is 0 Å². The first kappa shape index (κ1) is 16.1. The molecule has 0 bridgehead atoms. The summed E-state index contributed by atoms with van der Waals surface area (Å²) in [5, 5.41) is 2.42. The first-order valence-electron chi connectivity index (χ1n) is 8.62. The van der Waals surface area contributed by atoms with Gasteiger partial charge >= 0.3 is 0 Å². The largest absolute Gasteiger partial charge is 0.421 e. The van der Waals surface area contributed by atoms with E-state index in [2.05, 4.69) is 9.97 Å². The van der Waals surface area contributed by atoms with Gasteiger partial charge in [-0.1, -0.05) is 49.4 Å². The second-order valence-electron chi connectivity index (χ2n) is 6.83. The molecule has 27 heavy (non-hydrogen) atoms. The van der Waals surface area contributed by atoms with Crippen LogP contribution in [-0.4, -0.2) is 21.5 Å². The van der Waals surface area contributed by atoms with Gasteiger partial charge in [0.25, 0.3) is 5.71 Å². The van der Waals surface area contributed by atoms with Crippen LogP contribution >= 0.6 is 11.3 Å². The second kappa shape index (κ2) is 5.69. The molecule has 5 nitrogen and oxygen atoms in total. The van der Waals surface area contributed by atoms with Gasteiger partial charge in [-0.3, -0.25) is 9.59 Å². The minimum atomic E-state index is -0.261. The number of aromatic nitrogens is 2. The summed E-state index contributed by atoms with van der Waals surface area (Å²) in [7, 11) is 0. The molecule has 6 heteroatoms. The summed E-state index contributed by atoms with van der Waals surface area (Å²) in [5.74, 6) is 0.289. The molecule has 0 amide bonds. The van der Waals surface area contributed by atoms with E-state index < -0.39 is 0 Å². The number of allylic oxidation sites excluding steroid dienone is 1. The number of rotatable bonds is 2. The number of Topliss-reactive ketones (excluding diaryl/α,β-unsaturated/α-hetero) is 2. The van der Waals surface area contributed by atoms with Gasteiger partial charge < -0.3 is 4.42 Å². The number of carbonyl (C=O) groups is 2. The Kier molecular flexibility index (Phi) is 3.39. The number of hydrogen-bond acceptors (Lipinski definition) is 6. The lowest BCUT2D eigenvalue weighted by Crippen LogP contribution is -2.00. The molecule has 2 aromatic heterocycles. The van der Waals surface area contributed by atoms with Crippen molar-refractivity contribution in [1.82, 2.24) is 9.97 Å². The Morgan fingerprint density at radius 3 is 2.19 bits per heavy atom. The maximum Gasteiger partial charge on any atom is 0.258 e. The highest BCUT2D eigenvalue weighted by Gasteiger charge is 2.33. The molecule has 0 saturated carbocycles. The molecule has 2 heterocycles. The molecule has 1 aliphatic rings. The number of oxazole rings is 1. The predicted molar refractivity (Wildman–Crippen MR) is 104 cm³/mol. The van der Waals surface area contributed by atoms with E-state index in [1.165, 1.54) is 11.3 Å². The molecule has 2 aromatic carbocycles. The molecule has 0 aliphatic heterocycles. The minimum absolute atomic E-state index is 0.140. The number of fused-ring (bicyclic) bond motifs is 3. The number of thiazole rings is 1. The summed E-state index contributed by atoms with van der Waals surface area (Å²) >= 11 is 1.31. The van der Waals surface area contributed by atoms with Crippen LogP contribution in [0.1, 0.15) is 51.4 Å². The van der Waals surface area contributed by atoms with Gasteiger partial charge in [0.05, 0.1) is 5.57 Å². The van der Waals surface area contributed by atoms with Crippen molar-refractivity contribution in [3.63, 3.8) is 0 Å². The van der Waals surface area contributed by atoms with E-state index in [1.54, 1.807) is 18.2 Å². The molecule has 4 aromatic rings. The van der Waals surface area contributed by atoms with Crippen molar-refractivity contribution < 1.29 is 14.0 Å². The monoisotopic (exact) mass is 374 g/mol. The Morgan fingerprint density at radius 2 is 1.63 bits per heavy atom. The van der Waals surface area contributed by atoms with E-state index in [0.29, 0.717) is 32.6 Å². The van der Waals surface area contributed by atoms with Gasteiger partial charge in [-0.05, 0) is 29.0 Å². The first-order valence-corrected chi connectivity index (χ1v) is 9.44. The quantitative estimate of drug-likeness (QED) is 0.364. The third kappa shape index (κ3) is 2.44. The fraction of sp³-hybridized carbons (Fsp3) is 0.143. The molecule has 0 radical (unpaired) electrons. The van der Waals surface area contributed by atoms with Gasteiger partial charge in [0.2, 0.25) is 5.89 Å². The fourth-order valence-electron chi connectivity index (χ4n) is 3.25. The predicted octanol–water partition coefficient (Wildman–Crippen LogP) is 5.02. The Balaban J connectivity index is 1.58. The molecule has 0 saturated heterocycles. The van der Waals surface area contributed by atoms with E-state index in [1.807, 2.05) is 38.1 Å². The van der Waals surface area contributed by atoms with Crippen LogP contribution in [0.5, 0.6) is 0 Å². The zero-order valence-electron chi connectivity index (χ0n) is 14.6. The molecule has 132 valence electrons. The van der Waals surface area contributed by atoms with E-state index in [-0.39, 0.29) is 23.1 Å². The van der Waals surface area contributed by atoms with Gasteiger partial charge in [-0.2, -0.15) is 4.98 Å². The number of benzene rings is 2. The Bertz CT molecular complexity index is 1210. The highest BCUT2D eigenvalue weighted by atomic mass is 32.1. The summed E-state index contributed by atoms with van der Waals surface area (Å²) in [6.07, 6.45) is 1.55. The normalized spacial score (nSPS) is 14.0. The Morgan fingerprint density at radius 1 is 1.00 bits per heavy atom. The molecule has 0 N–H and O–H groups in total. The van der Waals surface area contributed by atoms with Crippen LogP contribution in [0.2, 0.25) is 0 Å². The number of nitrogens with zero attached hydrogens (tertiary/aromatic N) is 2. The van der Waals surface area contributed by atoms with Crippen molar-refractivity contribution in [3.8, 4) is 0 Å². The molecule has 0 fully saturated rings. The topological polar surface area (TPSA) is 73.1 Å². The third-order valence-corrected chi connectivity index (χ3v) is 5.51. The molecule has 1 aliphatic carbocycles.